The second-order valence-corrected chi connectivity index (χ2v) is 6.42. The third-order valence-electron chi connectivity index (χ3n) is 4.69. The molecule has 0 spiro atoms. The molecule has 0 radical (unpaired) electrons. The second-order valence-electron chi connectivity index (χ2n) is 6.42. The van der Waals surface area contributed by atoms with Gasteiger partial charge in [-0.1, -0.05) is 12.8 Å². The summed E-state index contributed by atoms with van der Waals surface area (Å²) >= 11 is 0. The van der Waals surface area contributed by atoms with E-state index >= 15 is 0 Å². The van der Waals surface area contributed by atoms with Crippen molar-refractivity contribution in [3.05, 3.63) is 0 Å². The average Bonchev–Trinajstić information content (AvgIpc) is 2.31. The Bertz CT molecular complexity index is 295. The van der Waals surface area contributed by atoms with Crippen molar-refractivity contribution in [3.8, 4) is 0 Å². The summed E-state index contributed by atoms with van der Waals surface area (Å²) in [4.78, 5) is 12.3. The first-order valence-electron chi connectivity index (χ1n) is 7.34. The maximum Gasteiger partial charge on any atom is 0.225 e. The average molecular weight is 253 g/mol. The van der Waals surface area contributed by atoms with Gasteiger partial charge in [0.15, 0.2) is 0 Å². The van der Waals surface area contributed by atoms with Gasteiger partial charge < -0.3 is 16.8 Å². The smallest absolute Gasteiger partial charge is 0.225 e. The summed E-state index contributed by atoms with van der Waals surface area (Å²) in [7, 11) is 0. The van der Waals surface area contributed by atoms with E-state index in [9.17, 15) is 4.79 Å². The van der Waals surface area contributed by atoms with Crippen molar-refractivity contribution in [2.75, 3.05) is 0 Å². The van der Waals surface area contributed by atoms with Crippen molar-refractivity contribution in [3.63, 3.8) is 0 Å². The highest BCUT2D eigenvalue weighted by Crippen LogP contribution is 2.32. The normalized spacial score (nSPS) is 41.4. The van der Waals surface area contributed by atoms with Crippen molar-refractivity contribution in [2.45, 2.75) is 75.9 Å². The lowest BCUT2D eigenvalue weighted by Crippen LogP contribution is -2.54. The summed E-state index contributed by atoms with van der Waals surface area (Å²) in [5, 5.41) is 3.19. The highest BCUT2D eigenvalue weighted by molar-refractivity contribution is 5.80. The zero-order chi connectivity index (χ0) is 13.2. The first-order chi connectivity index (χ1) is 8.49. The van der Waals surface area contributed by atoms with Gasteiger partial charge in [0, 0.05) is 17.6 Å². The van der Waals surface area contributed by atoms with Gasteiger partial charge in [0.05, 0.1) is 5.92 Å². The van der Waals surface area contributed by atoms with Crippen LogP contribution in [0.4, 0.5) is 0 Å². The van der Waals surface area contributed by atoms with Crippen LogP contribution in [0.25, 0.3) is 0 Å². The van der Waals surface area contributed by atoms with Crippen molar-refractivity contribution >= 4 is 5.91 Å². The van der Waals surface area contributed by atoms with Gasteiger partial charge in [-0.25, -0.2) is 0 Å². The molecule has 0 bridgehead atoms. The lowest BCUT2D eigenvalue weighted by molar-refractivity contribution is -0.129. The van der Waals surface area contributed by atoms with E-state index in [4.69, 9.17) is 11.5 Å². The summed E-state index contributed by atoms with van der Waals surface area (Å²) in [6.07, 6.45) is 8.24. The van der Waals surface area contributed by atoms with Gasteiger partial charge in [-0.15, -0.1) is 0 Å². The molecule has 0 aromatic heterocycles. The van der Waals surface area contributed by atoms with Gasteiger partial charge in [-0.2, -0.15) is 0 Å². The van der Waals surface area contributed by atoms with Gasteiger partial charge in [0.1, 0.15) is 0 Å². The van der Waals surface area contributed by atoms with Crippen molar-refractivity contribution in [1.82, 2.24) is 5.32 Å². The highest BCUT2D eigenvalue weighted by Gasteiger charge is 2.38. The van der Waals surface area contributed by atoms with Crippen LogP contribution in [0.3, 0.4) is 0 Å². The Morgan fingerprint density at radius 1 is 1.17 bits per heavy atom. The molecule has 2 rings (SSSR count). The molecule has 0 heterocycles. The lowest BCUT2D eigenvalue weighted by Gasteiger charge is -2.38. The maximum absolute atomic E-state index is 12.3. The second kappa shape index (κ2) is 5.57. The predicted molar refractivity (Wildman–Crippen MR) is 72.9 cm³/mol. The Morgan fingerprint density at radius 2 is 1.83 bits per heavy atom. The summed E-state index contributed by atoms with van der Waals surface area (Å²) in [6, 6.07) is 0.641. The molecule has 0 aromatic carbocycles. The van der Waals surface area contributed by atoms with Gasteiger partial charge in [0.25, 0.3) is 0 Å². The molecular weight excluding hydrogens is 226 g/mol. The molecule has 1 amide bonds. The van der Waals surface area contributed by atoms with E-state index in [0.29, 0.717) is 12.1 Å². The van der Waals surface area contributed by atoms with Crippen LogP contribution in [-0.4, -0.2) is 23.5 Å². The van der Waals surface area contributed by atoms with Crippen LogP contribution in [0.15, 0.2) is 0 Å². The molecule has 4 heteroatoms. The van der Waals surface area contributed by atoms with Crippen LogP contribution >= 0.6 is 0 Å². The Morgan fingerprint density at radius 3 is 2.44 bits per heavy atom. The van der Waals surface area contributed by atoms with E-state index in [1.807, 2.05) is 6.92 Å². The summed E-state index contributed by atoms with van der Waals surface area (Å²) in [5.74, 6) is 0.155. The minimum atomic E-state index is -0.326. The molecule has 0 saturated heterocycles. The van der Waals surface area contributed by atoms with Crippen molar-refractivity contribution in [1.29, 1.82) is 0 Å². The number of hydrogen-bond donors (Lipinski definition) is 3. The minimum absolute atomic E-state index is 0.0122. The van der Waals surface area contributed by atoms with E-state index < -0.39 is 0 Å². The fraction of sp³-hybridized carbons (Fsp3) is 0.929. The molecule has 2 aliphatic rings. The Hall–Kier alpha value is -0.610. The topological polar surface area (TPSA) is 81.1 Å². The number of carbonyl (C=O) groups excluding carboxylic acids is 1. The first-order valence-corrected chi connectivity index (χ1v) is 7.34. The van der Waals surface area contributed by atoms with Crippen LogP contribution in [0.5, 0.6) is 0 Å². The fourth-order valence-corrected chi connectivity index (χ4v) is 3.35. The molecule has 104 valence electrons. The Balaban J connectivity index is 1.87. The zero-order valence-electron chi connectivity index (χ0n) is 11.5. The molecular formula is C14H27N3O. The SMILES string of the molecule is CC1(N)CCCCC1C(=O)NC1CCC(N)CC1. The van der Waals surface area contributed by atoms with Crippen molar-refractivity contribution in [2.24, 2.45) is 17.4 Å². The third-order valence-corrected chi connectivity index (χ3v) is 4.69. The van der Waals surface area contributed by atoms with E-state index in [1.165, 1.54) is 0 Å². The first kappa shape index (κ1) is 13.8. The van der Waals surface area contributed by atoms with Crippen molar-refractivity contribution < 1.29 is 4.79 Å². The molecule has 18 heavy (non-hydrogen) atoms. The van der Waals surface area contributed by atoms with Gasteiger partial charge in [0.2, 0.25) is 5.91 Å². The standard InChI is InChI=1S/C14H27N3O/c1-14(16)9-3-2-4-12(14)13(18)17-11-7-5-10(15)6-8-11/h10-12H,2-9,15-16H2,1H3,(H,17,18). The van der Waals surface area contributed by atoms with Crippen LogP contribution in [0.2, 0.25) is 0 Å². The van der Waals surface area contributed by atoms with Crippen LogP contribution in [0.1, 0.15) is 58.3 Å². The molecule has 2 saturated carbocycles. The summed E-state index contributed by atoms with van der Waals surface area (Å²) in [6.45, 7) is 2.02. The Kier molecular flexibility index (Phi) is 4.28. The van der Waals surface area contributed by atoms with Crippen LogP contribution in [-0.2, 0) is 4.79 Å². The highest BCUT2D eigenvalue weighted by atomic mass is 16.2. The molecule has 2 atom stereocenters. The lowest BCUT2D eigenvalue weighted by atomic mass is 9.74. The van der Waals surface area contributed by atoms with E-state index in [0.717, 1.165) is 51.4 Å². The molecule has 5 N–H and O–H groups in total. The largest absolute Gasteiger partial charge is 0.353 e. The molecule has 2 fully saturated rings. The van der Waals surface area contributed by atoms with Crippen LogP contribution in [0, 0.1) is 5.92 Å². The molecule has 0 aliphatic heterocycles. The number of amides is 1. The number of rotatable bonds is 2. The molecule has 2 aliphatic carbocycles. The third kappa shape index (κ3) is 3.23. The fourth-order valence-electron chi connectivity index (χ4n) is 3.35. The molecule has 0 aromatic rings. The molecule has 4 nitrogen and oxygen atoms in total. The van der Waals surface area contributed by atoms with E-state index in [-0.39, 0.29) is 17.4 Å². The summed E-state index contributed by atoms with van der Waals surface area (Å²) < 4.78 is 0. The number of nitrogens with one attached hydrogen (secondary N) is 1. The van der Waals surface area contributed by atoms with E-state index in [2.05, 4.69) is 5.32 Å². The van der Waals surface area contributed by atoms with Gasteiger partial charge in [-0.05, 0) is 45.4 Å². The van der Waals surface area contributed by atoms with E-state index in [1.54, 1.807) is 0 Å². The number of nitrogens with two attached hydrogens (primary N) is 2. The van der Waals surface area contributed by atoms with Gasteiger partial charge >= 0.3 is 0 Å². The minimum Gasteiger partial charge on any atom is -0.353 e. The zero-order valence-corrected chi connectivity index (χ0v) is 11.5. The molecule has 2 unspecified atom stereocenters. The summed E-state index contributed by atoms with van der Waals surface area (Å²) in [5.41, 5.74) is 11.8. The predicted octanol–water partition coefficient (Wildman–Crippen LogP) is 1.28. The quantitative estimate of drug-likeness (QED) is 0.693. The van der Waals surface area contributed by atoms with Gasteiger partial charge in [-0.3, -0.25) is 4.79 Å². The monoisotopic (exact) mass is 253 g/mol. The number of hydrogen-bond acceptors (Lipinski definition) is 3. The Labute approximate surface area is 110 Å². The number of carbonyl (C=O) groups is 1. The van der Waals surface area contributed by atoms with Crippen LogP contribution < -0.4 is 16.8 Å². The maximum atomic E-state index is 12.3.